The molecule has 1 aromatic carbocycles. The summed E-state index contributed by atoms with van der Waals surface area (Å²) in [5.74, 6) is 0.154. The Morgan fingerprint density at radius 2 is 1.59 bits per heavy atom. The Labute approximate surface area is 167 Å². The number of nitrogens with one attached hydrogen (secondary N) is 1. The van der Waals surface area contributed by atoms with Crippen molar-refractivity contribution in [1.29, 1.82) is 0 Å². The minimum absolute atomic E-state index is 0.0295. The summed E-state index contributed by atoms with van der Waals surface area (Å²) in [4.78, 5) is 29.3. The van der Waals surface area contributed by atoms with E-state index < -0.39 is 0 Å². The number of rotatable bonds is 4. The molecular weight excluding hydrogens is 362 g/mol. The van der Waals surface area contributed by atoms with Crippen molar-refractivity contribution in [1.82, 2.24) is 15.1 Å². The molecule has 1 saturated heterocycles. The molecule has 27 heavy (non-hydrogen) atoms. The van der Waals surface area contributed by atoms with Gasteiger partial charge in [-0.1, -0.05) is 37.3 Å². The Hall–Kier alpha value is -1.59. The summed E-state index contributed by atoms with van der Waals surface area (Å²) >= 11 is 5.90. The quantitative estimate of drug-likeness (QED) is 0.801. The largest absolute Gasteiger partial charge is 0.352 e. The van der Waals surface area contributed by atoms with Crippen molar-refractivity contribution in [2.45, 2.75) is 57.5 Å². The van der Waals surface area contributed by atoms with E-state index in [0.717, 1.165) is 25.9 Å². The van der Waals surface area contributed by atoms with Gasteiger partial charge in [-0.3, -0.25) is 14.5 Å². The summed E-state index contributed by atoms with van der Waals surface area (Å²) in [6.07, 6.45) is 7.19. The Balaban J connectivity index is 1.48. The van der Waals surface area contributed by atoms with E-state index >= 15 is 0 Å². The molecule has 3 rings (SSSR count). The van der Waals surface area contributed by atoms with Crippen molar-refractivity contribution in [3.63, 3.8) is 0 Å². The molecule has 0 spiro atoms. The van der Waals surface area contributed by atoms with E-state index in [2.05, 4.69) is 10.2 Å². The van der Waals surface area contributed by atoms with E-state index in [1.54, 1.807) is 24.3 Å². The summed E-state index contributed by atoms with van der Waals surface area (Å²) in [6, 6.07) is 7.19. The standard InChI is InChI=1S/C21H30ClN3O2/c1-16(20(26)23-19-6-4-2-3-5-7-19)24-12-14-25(15-13-24)21(27)17-8-10-18(22)11-9-17/h8-11,16,19H,2-7,12-15H2,1H3,(H,23,26)/t16-/m0/s1. The van der Waals surface area contributed by atoms with Gasteiger partial charge in [0.05, 0.1) is 6.04 Å². The minimum atomic E-state index is -0.152. The normalized spacial score (nSPS) is 20.7. The van der Waals surface area contributed by atoms with Crippen LogP contribution in [0.5, 0.6) is 0 Å². The Kier molecular flexibility index (Phi) is 7.13. The third-order valence-corrected chi connectivity index (χ3v) is 6.07. The first-order valence-electron chi connectivity index (χ1n) is 10.1. The second kappa shape index (κ2) is 9.56. The molecule has 1 saturated carbocycles. The maximum atomic E-state index is 12.6. The van der Waals surface area contributed by atoms with Crippen LogP contribution in [0.4, 0.5) is 0 Å². The molecular formula is C21H30ClN3O2. The van der Waals surface area contributed by atoms with Crippen molar-refractivity contribution in [2.24, 2.45) is 0 Å². The van der Waals surface area contributed by atoms with Gasteiger partial charge in [0.2, 0.25) is 5.91 Å². The number of nitrogens with zero attached hydrogens (tertiary/aromatic N) is 2. The number of piperazine rings is 1. The van der Waals surface area contributed by atoms with Crippen LogP contribution in [-0.2, 0) is 4.79 Å². The molecule has 0 bridgehead atoms. The highest BCUT2D eigenvalue weighted by Gasteiger charge is 2.29. The summed E-state index contributed by atoms with van der Waals surface area (Å²) in [7, 11) is 0. The van der Waals surface area contributed by atoms with Crippen LogP contribution in [0.2, 0.25) is 5.02 Å². The Morgan fingerprint density at radius 1 is 1.00 bits per heavy atom. The molecule has 1 aromatic rings. The Bertz CT molecular complexity index is 633. The molecule has 148 valence electrons. The van der Waals surface area contributed by atoms with Crippen LogP contribution in [0.15, 0.2) is 24.3 Å². The molecule has 5 nitrogen and oxygen atoms in total. The number of carbonyl (C=O) groups excluding carboxylic acids is 2. The van der Waals surface area contributed by atoms with E-state index in [0.29, 0.717) is 29.7 Å². The summed E-state index contributed by atoms with van der Waals surface area (Å²) < 4.78 is 0. The first kappa shape index (κ1) is 20.2. The lowest BCUT2D eigenvalue weighted by Gasteiger charge is -2.37. The van der Waals surface area contributed by atoms with Crippen LogP contribution in [0.1, 0.15) is 55.8 Å². The zero-order valence-electron chi connectivity index (χ0n) is 16.1. The molecule has 0 radical (unpaired) electrons. The van der Waals surface area contributed by atoms with Gasteiger partial charge in [0.25, 0.3) is 5.91 Å². The van der Waals surface area contributed by atoms with E-state index in [9.17, 15) is 9.59 Å². The summed E-state index contributed by atoms with van der Waals surface area (Å²) in [5.41, 5.74) is 0.659. The number of amides is 2. The van der Waals surface area contributed by atoms with E-state index in [1.165, 1.54) is 25.7 Å². The highest BCUT2D eigenvalue weighted by Crippen LogP contribution is 2.18. The second-order valence-corrected chi connectivity index (χ2v) is 8.14. The van der Waals surface area contributed by atoms with Gasteiger partial charge in [0, 0.05) is 42.8 Å². The predicted octanol–water partition coefficient (Wildman–Crippen LogP) is 3.33. The van der Waals surface area contributed by atoms with E-state index in [4.69, 9.17) is 11.6 Å². The number of carbonyl (C=O) groups is 2. The monoisotopic (exact) mass is 391 g/mol. The first-order chi connectivity index (χ1) is 13.0. The van der Waals surface area contributed by atoms with Crippen molar-refractivity contribution in [3.05, 3.63) is 34.9 Å². The van der Waals surface area contributed by atoms with Gasteiger partial charge in [-0.25, -0.2) is 0 Å². The topological polar surface area (TPSA) is 52.7 Å². The van der Waals surface area contributed by atoms with Crippen molar-refractivity contribution >= 4 is 23.4 Å². The van der Waals surface area contributed by atoms with Gasteiger partial charge in [0.15, 0.2) is 0 Å². The summed E-state index contributed by atoms with van der Waals surface area (Å²) in [5, 5.41) is 3.88. The van der Waals surface area contributed by atoms with Crippen LogP contribution < -0.4 is 5.32 Å². The number of hydrogen-bond donors (Lipinski definition) is 1. The van der Waals surface area contributed by atoms with Gasteiger partial charge < -0.3 is 10.2 Å². The fourth-order valence-corrected chi connectivity index (χ4v) is 4.12. The maximum absolute atomic E-state index is 12.6. The molecule has 1 atom stereocenters. The Morgan fingerprint density at radius 3 is 2.19 bits per heavy atom. The van der Waals surface area contributed by atoms with Crippen LogP contribution >= 0.6 is 11.6 Å². The zero-order valence-corrected chi connectivity index (χ0v) is 16.9. The maximum Gasteiger partial charge on any atom is 0.253 e. The second-order valence-electron chi connectivity index (χ2n) is 7.71. The van der Waals surface area contributed by atoms with Crippen molar-refractivity contribution < 1.29 is 9.59 Å². The SMILES string of the molecule is C[C@@H](C(=O)NC1CCCCCC1)N1CCN(C(=O)c2ccc(Cl)cc2)CC1. The third kappa shape index (κ3) is 5.45. The molecule has 6 heteroatoms. The highest BCUT2D eigenvalue weighted by molar-refractivity contribution is 6.30. The lowest BCUT2D eigenvalue weighted by molar-refractivity contribution is -0.127. The van der Waals surface area contributed by atoms with Crippen LogP contribution in [-0.4, -0.2) is 59.9 Å². The number of halogens is 1. The smallest absolute Gasteiger partial charge is 0.253 e. The van der Waals surface area contributed by atoms with Gasteiger partial charge in [-0.15, -0.1) is 0 Å². The fourth-order valence-electron chi connectivity index (χ4n) is 4.00. The zero-order chi connectivity index (χ0) is 19.2. The predicted molar refractivity (Wildman–Crippen MR) is 108 cm³/mol. The van der Waals surface area contributed by atoms with E-state index in [-0.39, 0.29) is 17.9 Å². The lowest BCUT2D eigenvalue weighted by Crippen LogP contribution is -2.55. The molecule has 1 heterocycles. The molecule has 2 amide bonds. The number of hydrogen-bond acceptors (Lipinski definition) is 3. The van der Waals surface area contributed by atoms with Crippen LogP contribution in [0.25, 0.3) is 0 Å². The molecule has 1 aliphatic carbocycles. The fraction of sp³-hybridized carbons (Fsp3) is 0.619. The first-order valence-corrected chi connectivity index (χ1v) is 10.5. The van der Waals surface area contributed by atoms with Crippen molar-refractivity contribution in [3.8, 4) is 0 Å². The van der Waals surface area contributed by atoms with Crippen LogP contribution in [0, 0.1) is 0 Å². The average Bonchev–Trinajstić information content (AvgIpc) is 2.96. The molecule has 0 unspecified atom stereocenters. The molecule has 2 aliphatic rings. The molecule has 0 aromatic heterocycles. The van der Waals surface area contributed by atoms with Gasteiger partial charge >= 0.3 is 0 Å². The highest BCUT2D eigenvalue weighted by atomic mass is 35.5. The average molecular weight is 392 g/mol. The molecule has 2 fully saturated rings. The van der Waals surface area contributed by atoms with Gasteiger partial charge in [-0.05, 0) is 44.0 Å². The molecule has 1 aliphatic heterocycles. The summed E-state index contributed by atoms with van der Waals surface area (Å²) in [6.45, 7) is 4.70. The minimum Gasteiger partial charge on any atom is -0.352 e. The van der Waals surface area contributed by atoms with E-state index in [1.807, 2.05) is 11.8 Å². The lowest BCUT2D eigenvalue weighted by atomic mass is 10.1. The van der Waals surface area contributed by atoms with Gasteiger partial charge in [0.1, 0.15) is 0 Å². The third-order valence-electron chi connectivity index (χ3n) is 5.82. The number of benzene rings is 1. The van der Waals surface area contributed by atoms with Gasteiger partial charge in [-0.2, -0.15) is 0 Å². The van der Waals surface area contributed by atoms with Crippen molar-refractivity contribution in [2.75, 3.05) is 26.2 Å². The molecule has 1 N–H and O–H groups in total. The van der Waals surface area contributed by atoms with Crippen LogP contribution in [0.3, 0.4) is 0 Å².